The summed E-state index contributed by atoms with van der Waals surface area (Å²) in [4.78, 5) is 25.3. The molecule has 122 valence electrons. The number of carbonyl (C=O) groups excluding carboxylic acids is 1. The SMILES string of the molecule is COCCN(CC(=O)O)C(=O)CCSc1ccc(C)c(C)c1. The third-order valence-corrected chi connectivity index (χ3v) is 4.30. The maximum atomic E-state index is 12.1. The summed E-state index contributed by atoms with van der Waals surface area (Å²) in [6.07, 6.45) is 0.314. The first-order valence-corrected chi connectivity index (χ1v) is 8.11. The monoisotopic (exact) mass is 325 g/mol. The van der Waals surface area contributed by atoms with Gasteiger partial charge in [-0.05, 0) is 37.1 Å². The third kappa shape index (κ3) is 6.49. The van der Waals surface area contributed by atoms with Crippen molar-refractivity contribution in [2.75, 3.05) is 32.6 Å². The van der Waals surface area contributed by atoms with Gasteiger partial charge < -0.3 is 14.7 Å². The number of aliphatic carboxylic acids is 1. The number of benzene rings is 1. The maximum absolute atomic E-state index is 12.1. The molecule has 0 atom stereocenters. The van der Waals surface area contributed by atoms with Crippen molar-refractivity contribution in [3.8, 4) is 0 Å². The third-order valence-electron chi connectivity index (χ3n) is 3.31. The Balaban J connectivity index is 2.47. The Morgan fingerprint density at radius 1 is 1.27 bits per heavy atom. The molecule has 0 radical (unpaired) electrons. The standard InChI is InChI=1S/C16H23NO4S/c1-12-4-5-14(10-13(12)2)22-9-6-15(18)17(7-8-21-3)11-16(19)20/h4-5,10H,6-9,11H2,1-3H3,(H,19,20). The maximum Gasteiger partial charge on any atom is 0.323 e. The molecule has 0 saturated heterocycles. The fourth-order valence-electron chi connectivity index (χ4n) is 1.87. The van der Waals surface area contributed by atoms with Gasteiger partial charge in [-0.1, -0.05) is 6.07 Å². The van der Waals surface area contributed by atoms with Gasteiger partial charge in [0.25, 0.3) is 0 Å². The zero-order valence-corrected chi connectivity index (χ0v) is 14.1. The van der Waals surface area contributed by atoms with Crippen molar-refractivity contribution in [3.63, 3.8) is 0 Å². The second kappa shape index (κ2) is 9.48. The van der Waals surface area contributed by atoms with Crippen LogP contribution in [0.2, 0.25) is 0 Å². The van der Waals surface area contributed by atoms with E-state index >= 15 is 0 Å². The van der Waals surface area contributed by atoms with E-state index < -0.39 is 5.97 Å². The number of aryl methyl sites for hydroxylation is 2. The quantitative estimate of drug-likeness (QED) is 0.706. The van der Waals surface area contributed by atoms with E-state index in [1.165, 1.54) is 23.1 Å². The molecule has 0 saturated carbocycles. The van der Waals surface area contributed by atoms with Gasteiger partial charge in [0.15, 0.2) is 0 Å². The number of carboxylic acid groups (broad SMARTS) is 1. The first-order chi connectivity index (χ1) is 10.4. The van der Waals surface area contributed by atoms with Crippen LogP contribution in [0.4, 0.5) is 0 Å². The summed E-state index contributed by atoms with van der Waals surface area (Å²) < 4.78 is 4.91. The second-order valence-corrected chi connectivity index (χ2v) is 6.21. The van der Waals surface area contributed by atoms with Crippen molar-refractivity contribution >= 4 is 23.6 Å². The number of ether oxygens (including phenoxy) is 1. The largest absolute Gasteiger partial charge is 0.480 e. The van der Waals surface area contributed by atoms with Crippen molar-refractivity contribution in [3.05, 3.63) is 29.3 Å². The minimum Gasteiger partial charge on any atom is -0.480 e. The molecule has 5 nitrogen and oxygen atoms in total. The number of carbonyl (C=O) groups is 2. The van der Waals surface area contributed by atoms with Crippen LogP contribution in [-0.2, 0) is 14.3 Å². The second-order valence-electron chi connectivity index (χ2n) is 5.05. The minimum absolute atomic E-state index is 0.157. The zero-order valence-electron chi connectivity index (χ0n) is 13.3. The van der Waals surface area contributed by atoms with Gasteiger partial charge in [0.1, 0.15) is 6.54 Å². The summed E-state index contributed by atoms with van der Waals surface area (Å²) in [5.41, 5.74) is 2.47. The van der Waals surface area contributed by atoms with Crippen LogP contribution in [0, 0.1) is 13.8 Å². The topological polar surface area (TPSA) is 66.8 Å². The summed E-state index contributed by atoms with van der Waals surface area (Å²) in [7, 11) is 1.53. The molecule has 22 heavy (non-hydrogen) atoms. The lowest BCUT2D eigenvalue weighted by molar-refractivity contribution is -0.144. The molecular weight excluding hydrogens is 302 g/mol. The summed E-state index contributed by atoms with van der Waals surface area (Å²) in [5.74, 6) is -0.535. The summed E-state index contributed by atoms with van der Waals surface area (Å²) in [6.45, 7) is 4.48. The van der Waals surface area contributed by atoms with Gasteiger partial charge in [0.05, 0.1) is 6.61 Å². The predicted molar refractivity (Wildman–Crippen MR) is 87.3 cm³/mol. The first-order valence-electron chi connectivity index (χ1n) is 7.12. The first kappa shape index (κ1) is 18.5. The van der Waals surface area contributed by atoms with Gasteiger partial charge in [0, 0.05) is 30.7 Å². The van der Waals surface area contributed by atoms with Crippen molar-refractivity contribution in [2.24, 2.45) is 0 Å². The van der Waals surface area contributed by atoms with E-state index in [2.05, 4.69) is 26.0 Å². The Hall–Kier alpha value is -1.53. The number of amides is 1. The van der Waals surface area contributed by atoms with Gasteiger partial charge in [-0.2, -0.15) is 0 Å². The van der Waals surface area contributed by atoms with Crippen LogP contribution in [0.5, 0.6) is 0 Å². The Bertz CT molecular complexity index is 519. The molecule has 0 aliphatic carbocycles. The molecule has 0 fully saturated rings. The molecule has 1 aromatic carbocycles. The van der Waals surface area contributed by atoms with Gasteiger partial charge in [0.2, 0.25) is 5.91 Å². The Labute approximate surface area is 135 Å². The van der Waals surface area contributed by atoms with Gasteiger partial charge in [-0.3, -0.25) is 9.59 Å². The molecule has 0 heterocycles. The highest BCUT2D eigenvalue weighted by molar-refractivity contribution is 7.99. The number of hydrogen-bond donors (Lipinski definition) is 1. The van der Waals surface area contributed by atoms with Crippen molar-refractivity contribution < 1.29 is 19.4 Å². The van der Waals surface area contributed by atoms with Crippen LogP contribution in [0.25, 0.3) is 0 Å². The number of carboxylic acids is 1. The van der Waals surface area contributed by atoms with Crippen LogP contribution in [0.15, 0.2) is 23.1 Å². The van der Waals surface area contributed by atoms with E-state index in [4.69, 9.17) is 9.84 Å². The summed E-state index contributed by atoms with van der Waals surface area (Å²) >= 11 is 1.61. The molecule has 6 heteroatoms. The summed E-state index contributed by atoms with van der Waals surface area (Å²) in [5, 5.41) is 8.85. The highest BCUT2D eigenvalue weighted by Gasteiger charge is 2.16. The Morgan fingerprint density at radius 3 is 2.59 bits per heavy atom. The fraction of sp³-hybridized carbons (Fsp3) is 0.500. The molecule has 0 unspecified atom stereocenters. The van der Waals surface area contributed by atoms with Crippen molar-refractivity contribution in [1.29, 1.82) is 0 Å². The normalized spacial score (nSPS) is 10.5. The Kier molecular flexibility index (Phi) is 7.98. The average Bonchev–Trinajstić information content (AvgIpc) is 2.46. The van der Waals surface area contributed by atoms with Gasteiger partial charge in [-0.25, -0.2) is 0 Å². The molecular formula is C16H23NO4S. The van der Waals surface area contributed by atoms with Gasteiger partial charge >= 0.3 is 5.97 Å². The average molecular weight is 325 g/mol. The Morgan fingerprint density at radius 2 is 2.00 bits per heavy atom. The number of rotatable bonds is 9. The molecule has 1 amide bonds. The van der Waals surface area contributed by atoms with E-state index in [1.807, 2.05) is 6.07 Å². The summed E-state index contributed by atoms with van der Waals surface area (Å²) in [6, 6.07) is 6.21. The number of hydrogen-bond acceptors (Lipinski definition) is 4. The molecule has 0 aromatic heterocycles. The predicted octanol–water partition coefficient (Wildman–Crippen LogP) is 2.35. The lowest BCUT2D eigenvalue weighted by atomic mass is 10.1. The molecule has 0 aliphatic rings. The molecule has 1 aromatic rings. The molecule has 0 bridgehead atoms. The molecule has 1 N–H and O–H groups in total. The number of thioether (sulfide) groups is 1. The minimum atomic E-state index is -1.01. The fourth-order valence-corrected chi connectivity index (χ4v) is 2.81. The lowest BCUT2D eigenvalue weighted by Gasteiger charge is -2.20. The van der Waals surface area contributed by atoms with Crippen LogP contribution in [0.3, 0.4) is 0 Å². The number of nitrogens with zero attached hydrogens (tertiary/aromatic N) is 1. The highest BCUT2D eigenvalue weighted by atomic mass is 32.2. The van der Waals surface area contributed by atoms with E-state index in [0.717, 1.165) is 4.90 Å². The molecule has 0 aliphatic heterocycles. The van der Waals surface area contributed by atoms with Crippen molar-refractivity contribution in [1.82, 2.24) is 4.90 Å². The van der Waals surface area contributed by atoms with Crippen LogP contribution < -0.4 is 0 Å². The number of methoxy groups -OCH3 is 1. The molecule has 0 spiro atoms. The van der Waals surface area contributed by atoms with E-state index in [-0.39, 0.29) is 12.5 Å². The van der Waals surface area contributed by atoms with Crippen LogP contribution in [-0.4, -0.2) is 54.4 Å². The lowest BCUT2D eigenvalue weighted by Crippen LogP contribution is -2.38. The van der Waals surface area contributed by atoms with E-state index in [1.54, 1.807) is 11.8 Å². The van der Waals surface area contributed by atoms with Gasteiger partial charge in [-0.15, -0.1) is 11.8 Å². The van der Waals surface area contributed by atoms with Crippen LogP contribution in [0.1, 0.15) is 17.5 Å². The molecule has 1 rings (SSSR count). The van der Waals surface area contributed by atoms with Crippen molar-refractivity contribution in [2.45, 2.75) is 25.2 Å². The van der Waals surface area contributed by atoms with E-state index in [0.29, 0.717) is 25.3 Å². The zero-order chi connectivity index (χ0) is 16.5. The van der Waals surface area contributed by atoms with E-state index in [9.17, 15) is 9.59 Å². The highest BCUT2D eigenvalue weighted by Crippen LogP contribution is 2.21. The van der Waals surface area contributed by atoms with Crippen LogP contribution >= 0.6 is 11.8 Å². The smallest absolute Gasteiger partial charge is 0.323 e.